The van der Waals surface area contributed by atoms with E-state index in [-0.39, 0.29) is 5.91 Å². The van der Waals surface area contributed by atoms with Crippen LogP contribution in [0, 0.1) is 0 Å². The molecule has 3 heterocycles. The summed E-state index contributed by atoms with van der Waals surface area (Å²) in [6, 6.07) is 12.1. The molecule has 132 valence electrons. The Morgan fingerprint density at radius 1 is 1.04 bits per heavy atom. The number of benzene rings is 1. The van der Waals surface area contributed by atoms with Crippen LogP contribution >= 0.6 is 23.5 Å². The van der Waals surface area contributed by atoms with Crippen molar-refractivity contribution in [3.63, 3.8) is 0 Å². The largest absolute Gasteiger partial charge is 0.468 e. The monoisotopic (exact) mass is 374 g/mol. The van der Waals surface area contributed by atoms with E-state index in [0.29, 0.717) is 4.58 Å². The number of rotatable bonds is 4. The van der Waals surface area contributed by atoms with Crippen molar-refractivity contribution in [2.45, 2.75) is 11.1 Å². The first-order valence-corrected chi connectivity index (χ1v) is 10.8. The summed E-state index contributed by atoms with van der Waals surface area (Å²) in [4.78, 5) is 17.0. The zero-order valence-electron chi connectivity index (χ0n) is 14.1. The summed E-state index contributed by atoms with van der Waals surface area (Å²) < 4.78 is 5.94. The van der Waals surface area contributed by atoms with E-state index in [2.05, 4.69) is 17.0 Å². The fourth-order valence-corrected chi connectivity index (χ4v) is 6.11. The van der Waals surface area contributed by atoms with E-state index >= 15 is 0 Å². The van der Waals surface area contributed by atoms with E-state index in [4.69, 9.17) is 4.42 Å². The number of amides is 1. The fourth-order valence-electron chi connectivity index (χ4n) is 3.25. The molecule has 4 nitrogen and oxygen atoms in total. The van der Waals surface area contributed by atoms with Gasteiger partial charge in [0.1, 0.15) is 5.76 Å². The highest BCUT2D eigenvalue weighted by Crippen LogP contribution is 2.45. The van der Waals surface area contributed by atoms with E-state index in [0.717, 1.165) is 44.0 Å². The fraction of sp³-hybridized carbons (Fsp3) is 0.421. The SMILES string of the molecule is O=C(c1ccc(C2SCCS2)cc1)N1CCN(Cc2ccco2)CC1. The van der Waals surface area contributed by atoms with Crippen molar-refractivity contribution in [1.29, 1.82) is 0 Å². The smallest absolute Gasteiger partial charge is 0.253 e. The molecular formula is C19H22N2O2S2. The molecule has 2 fully saturated rings. The number of hydrogen-bond donors (Lipinski definition) is 0. The van der Waals surface area contributed by atoms with Gasteiger partial charge in [0.25, 0.3) is 5.91 Å². The van der Waals surface area contributed by atoms with E-state index in [1.54, 1.807) is 6.26 Å². The average Bonchev–Trinajstić information content (AvgIpc) is 3.36. The van der Waals surface area contributed by atoms with Crippen molar-refractivity contribution in [1.82, 2.24) is 9.80 Å². The lowest BCUT2D eigenvalue weighted by atomic mass is 10.1. The van der Waals surface area contributed by atoms with Crippen LogP contribution in [-0.4, -0.2) is 53.4 Å². The number of carbonyl (C=O) groups is 1. The molecule has 4 rings (SSSR count). The summed E-state index contributed by atoms with van der Waals surface area (Å²) in [7, 11) is 0. The Hall–Kier alpha value is -1.37. The van der Waals surface area contributed by atoms with E-state index < -0.39 is 0 Å². The molecule has 0 spiro atoms. The van der Waals surface area contributed by atoms with Crippen molar-refractivity contribution in [2.24, 2.45) is 0 Å². The quantitative estimate of drug-likeness (QED) is 0.815. The molecular weight excluding hydrogens is 352 g/mol. The van der Waals surface area contributed by atoms with Gasteiger partial charge in [-0.3, -0.25) is 9.69 Å². The molecule has 2 saturated heterocycles. The molecule has 2 aromatic rings. The molecule has 1 amide bonds. The Bertz CT molecular complexity index is 689. The van der Waals surface area contributed by atoms with Crippen LogP contribution in [0.3, 0.4) is 0 Å². The van der Waals surface area contributed by atoms with Crippen LogP contribution in [0.25, 0.3) is 0 Å². The average molecular weight is 375 g/mol. The van der Waals surface area contributed by atoms with Crippen LogP contribution in [0.5, 0.6) is 0 Å². The van der Waals surface area contributed by atoms with Gasteiger partial charge in [0, 0.05) is 43.2 Å². The van der Waals surface area contributed by atoms with E-state index in [9.17, 15) is 4.79 Å². The third-order valence-electron chi connectivity index (χ3n) is 4.67. The van der Waals surface area contributed by atoms with Crippen molar-refractivity contribution >= 4 is 29.4 Å². The zero-order valence-corrected chi connectivity index (χ0v) is 15.7. The summed E-state index contributed by atoms with van der Waals surface area (Å²) in [6.07, 6.45) is 1.71. The Morgan fingerprint density at radius 3 is 2.40 bits per heavy atom. The van der Waals surface area contributed by atoms with Crippen molar-refractivity contribution in [3.8, 4) is 0 Å². The van der Waals surface area contributed by atoms with Crippen LogP contribution in [0.1, 0.15) is 26.3 Å². The predicted octanol–water partition coefficient (Wildman–Crippen LogP) is 3.72. The molecule has 0 aliphatic carbocycles. The second-order valence-electron chi connectivity index (χ2n) is 6.34. The van der Waals surface area contributed by atoms with Gasteiger partial charge in [0.15, 0.2) is 0 Å². The molecule has 2 aliphatic heterocycles. The minimum Gasteiger partial charge on any atom is -0.468 e. The number of thioether (sulfide) groups is 2. The highest BCUT2D eigenvalue weighted by molar-refractivity contribution is 8.19. The van der Waals surface area contributed by atoms with Gasteiger partial charge in [0.2, 0.25) is 0 Å². The van der Waals surface area contributed by atoms with Gasteiger partial charge in [-0.25, -0.2) is 0 Å². The van der Waals surface area contributed by atoms with Gasteiger partial charge in [0.05, 0.1) is 17.4 Å². The summed E-state index contributed by atoms with van der Waals surface area (Å²) >= 11 is 3.99. The van der Waals surface area contributed by atoms with Gasteiger partial charge in [-0.15, -0.1) is 23.5 Å². The number of carbonyl (C=O) groups excluding carboxylic acids is 1. The zero-order chi connectivity index (χ0) is 17.1. The highest BCUT2D eigenvalue weighted by atomic mass is 32.2. The lowest BCUT2D eigenvalue weighted by molar-refractivity contribution is 0.0620. The molecule has 0 N–H and O–H groups in total. The Balaban J connectivity index is 1.32. The molecule has 1 aromatic heterocycles. The lowest BCUT2D eigenvalue weighted by Gasteiger charge is -2.34. The number of hydrogen-bond acceptors (Lipinski definition) is 5. The maximum Gasteiger partial charge on any atom is 0.253 e. The maximum atomic E-state index is 12.7. The van der Waals surface area contributed by atoms with Gasteiger partial charge < -0.3 is 9.32 Å². The molecule has 0 radical (unpaired) electrons. The topological polar surface area (TPSA) is 36.7 Å². The Kier molecular flexibility index (Phi) is 5.39. The molecule has 2 aliphatic rings. The summed E-state index contributed by atoms with van der Waals surface area (Å²) in [5.41, 5.74) is 2.13. The molecule has 0 saturated carbocycles. The number of nitrogens with zero attached hydrogens (tertiary/aromatic N) is 2. The normalized spacial score (nSPS) is 19.4. The van der Waals surface area contributed by atoms with Crippen molar-refractivity contribution in [3.05, 3.63) is 59.5 Å². The molecule has 25 heavy (non-hydrogen) atoms. The molecule has 6 heteroatoms. The second kappa shape index (κ2) is 7.89. The Labute approximate surface area is 156 Å². The number of piperazine rings is 1. The van der Waals surface area contributed by atoms with Crippen molar-refractivity contribution in [2.75, 3.05) is 37.7 Å². The molecule has 0 bridgehead atoms. The standard InChI is InChI=1S/C19H22N2O2S2/c22-18(15-3-5-16(6-4-15)19-24-12-13-25-19)21-9-7-20(8-10-21)14-17-2-1-11-23-17/h1-6,11,19H,7-10,12-14H2. The van der Waals surface area contributed by atoms with Gasteiger partial charge in [-0.1, -0.05) is 12.1 Å². The second-order valence-corrected chi connectivity index (χ2v) is 9.07. The van der Waals surface area contributed by atoms with E-state index in [1.165, 1.54) is 17.1 Å². The third kappa shape index (κ3) is 4.07. The molecule has 1 aromatic carbocycles. The van der Waals surface area contributed by atoms with Gasteiger partial charge in [-0.2, -0.15) is 0 Å². The van der Waals surface area contributed by atoms with Gasteiger partial charge >= 0.3 is 0 Å². The van der Waals surface area contributed by atoms with Crippen LogP contribution in [0.15, 0.2) is 47.1 Å². The minimum atomic E-state index is 0.149. The first-order chi connectivity index (χ1) is 12.3. The first-order valence-electron chi connectivity index (χ1n) is 8.67. The summed E-state index contributed by atoms with van der Waals surface area (Å²) in [6.45, 7) is 4.14. The van der Waals surface area contributed by atoms with Crippen molar-refractivity contribution < 1.29 is 9.21 Å². The summed E-state index contributed by atoms with van der Waals surface area (Å²) in [5, 5.41) is 0. The highest BCUT2D eigenvalue weighted by Gasteiger charge is 2.23. The van der Waals surface area contributed by atoms with E-state index in [1.807, 2.05) is 52.7 Å². The van der Waals surface area contributed by atoms with Crippen LogP contribution < -0.4 is 0 Å². The van der Waals surface area contributed by atoms with Crippen LogP contribution in [-0.2, 0) is 6.54 Å². The Morgan fingerprint density at radius 2 is 1.76 bits per heavy atom. The van der Waals surface area contributed by atoms with Crippen LogP contribution in [0.2, 0.25) is 0 Å². The van der Waals surface area contributed by atoms with Gasteiger partial charge in [-0.05, 0) is 29.8 Å². The molecule has 0 atom stereocenters. The molecule has 0 unspecified atom stereocenters. The third-order valence-corrected chi connectivity index (χ3v) is 7.78. The number of furan rings is 1. The van der Waals surface area contributed by atoms with Crippen LogP contribution in [0.4, 0.5) is 0 Å². The minimum absolute atomic E-state index is 0.149. The summed E-state index contributed by atoms with van der Waals surface area (Å²) in [5.74, 6) is 3.57. The lowest BCUT2D eigenvalue weighted by Crippen LogP contribution is -2.48. The maximum absolute atomic E-state index is 12.7. The predicted molar refractivity (Wildman–Crippen MR) is 104 cm³/mol. The first kappa shape index (κ1) is 17.1.